The number of rotatable bonds is 12. The largest absolute Gasteiger partial charge is 0.350 e. The zero-order chi connectivity index (χ0) is 23.9. The van der Waals surface area contributed by atoms with E-state index in [4.69, 9.17) is 9.57 Å². The summed E-state index contributed by atoms with van der Waals surface area (Å²) in [5.74, 6) is -0.259. The molecular weight excluding hydrogens is 434 g/mol. The molecule has 0 fully saturated rings. The Morgan fingerprint density at radius 2 is 2.06 bits per heavy atom. The van der Waals surface area contributed by atoms with Crippen molar-refractivity contribution in [3.05, 3.63) is 53.1 Å². The summed E-state index contributed by atoms with van der Waals surface area (Å²) < 4.78 is 7.55. The van der Waals surface area contributed by atoms with Crippen molar-refractivity contribution >= 4 is 17.2 Å². The first-order chi connectivity index (χ1) is 16.1. The maximum absolute atomic E-state index is 12.3. The van der Waals surface area contributed by atoms with E-state index in [2.05, 4.69) is 49.6 Å². The number of hydrogen-bond donors (Lipinski definition) is 1. The van der Waals surface area contributed by atoms with Gasteiger partial charge in [0, 0.05) is 19.3 Å². The first kappa shape index (κ1) is 27.0. The highest BCUT2D eigenvalue weighted by molar-refractivity contribution is 7.17. The standard InChI is InChI=1S/C19H29N3O3S.C7H10/c1-4-7-8-14-24-18(6-3)25-21-19(23)17-10-9-16(26-17)15-11-13-22(20-15)12-5-2;1-7-5-3-2-4-6-7/h9-11,13,18H,4-8,12,14H2,1-3H3,(H,21,23);2-3,5H,4,6H2,1H3. The summed E-state index contributed by atoms with van der Waals surface area (Å²) in [5, 5.41) is 4.52. The molecule has 1 aliphatic rings. The number of hydrogen-bond acceptors (Lipinski definition) is 5. The molecule has 1 atom stereocenters. The molecule has 6 nitrogen and oxygen atoms in total. The van der Waals surface area contributed by atoms with Crippen molar-refractivity contribution in [2.75, 3.05) is 6.61 Å². The summed E-state index contributed by atoms with van der Waals surface area (Å²) in [6.45, 7) is 9.94. The van der Waals surface area contributed by atoms with Gasteiger partial charge in [0.05, 0.1) is 9.75 Å². The Balaban J connectivity index is 0.000000468. The molecule has 0 spiro atoms. The fourth-order valence-corrected chi connectivity index (χ4v) is 4.00. The number of aryl methyl sites for hydroxylation is 1. The quantitative estimate of drug-likeness (QED) is 0.207. The molecule has 0 saturated heterocycles. The smallest absolute Gasteiger partial charge is 0.285 e. The molecule has 3 rings (SSSR count). The average Bonchev–Trinajstić information content (AvgIpc) is 3.50. The minimum Gasteiger partial charge on any atom is -0.350 e. The van der Waals surface area contributed by atoms with E-state index in [1.807, 2.05) is 29.9 Å². The van der Waals surface area contributed by atoms with E-state index < -0.39 is 6.29 Å². The van der Waals surface area contributed by atoms with E-state index in [-0.39, 0.29) is 5.91 Å². The van der Waals surface area contributed by atoms with Crippen molar-refractivity contribution in [2.45, 2.75) is 85.5 Å². The van der Waals surface area contributed by atoms with Crippen LogP contribution < -0.4 is 5.48 Å². The SMILES string of the molecule is CC1=CC=CCC1.CCCCCOC(CC)ONC(=O)c1ccc(-c2ccn(CCC)n2)s1. The molecule has 182 valence electrons. The first-order valence-electron chi connectivity index (χ1n) is 12.1. The summed E-state index contributed by atoms with van der Waals surface area (Å²) in [4.78, 5) is 19.2. The van der Waals surface area contributed by atoms with Gasteiger partial charge in [-0.15, -0.1) is 11.3 Å². The number of unbranched alkanes of at least 4 members (excludes halogenated alkanes) is 2. The maximum atomic E-state index is 12.3. The van der Waals surface area contributed by atoms with Crippen LogP contribution in [0.25, 0.3) is 10.6 Å². The Bertz CT molecular complexity index is 885. The minimum atomic E-state index is -0.417. The number of carbonyl (C=O) groups excluding carboxylic acids is 1. The zero-order valence-corrected chi connectivity index (χ0v) is 21.3. The minimum absolute atomic E-state index is 0.259. The number of nitrogens with zero attached hydrogens (tertiary/aromatic N) is 2. The van der Waals surface area contributed by atoms with Crippen LogP contribution in [0, 0.1) is 0 Å². The van der Waals surface area contributed by atoms with E-state index in [9.17, 15) is 4.79 Å². The van der Waals surface area contributed by atoms with Crippen LogP contribution in [0.3, 0.4) is 0 Å². The third kappa shape index (κ3) is 10.1. The number of allylic oxidation sites excluding steroid dienone is 4. The highest BCUT2D eigenvalue weighted by Crippen LogP contribution is 2.26. The lowest BCUT2D eigenvalue weighted by Crippen LogP contribution is -2.30. The number of hydroxylamine groups is 1. The van der Waals surface area contributed by atoms with E-state index in [0.29, 0.717) is 17.9 Å². The molecule has 1 N–H and O–H groups in total. The predicted molar refractivity (Wildman–Crippen MR) is 136 cm³/mol. The van der Waals surface area contributed by atoms with Crippen LogP contribution in [0.5, 0.6) is 0 Å². The molecule has 7 heteroatoms. The Hall–Kier alpha value is -2.22. The predicted octanol–water partition coefficient (Wildman–Crippen LogP) is 6.91. The first-order valence-corrected chi connectivity index (χ1v) is 12.9. The number of ether oxygens (including phenoxy) is 1. The lowest BCUT2D eigenvalue weighted by Gasteiger charge is -2.16. The van der Waals surface area contributed by atoms with Gasteiger partial charge in [0.2, 0.25) is 0 Å². The van der Waals surface area contributed by atoms with Gasteiger partial charge in [-0.25, -0.2) is 10.3 Å². The van der Waals surface area contributed by atoms with Crippen LogP contribution >= 0.6 is 11.3 Å². The van der Waals surface area contributed by atoms with Crippen LogP contribution in [-0.4, -0.2) is 28.6 Å². The Morgan fingerprint density at radius 1 is 1.21 bits per heavy atom. The molecular formula is C26H39N3O3S. The van der Waals surface area contributed by atoms with Gasteiger partial charge in [0.25, 0.3) is 5.91 Å². The Kier molecular flexibility index (Phi) is 12.8. The maximum Gasteiger partial charge on any atom is 0.285 e. The van der Waals surface area contributed by atoms with Gasteiger partial charge in [-0.1, -0.05) is 57.4 Å². The highest BCUT2D eigenvalue weighted by Gasteiger charge is 2.14. The average molecular weight is 474 g/mol. The summed E-state index contributed by atoms with van der Waals surface area (Å²) in [6.07, 6.45) is 15.5. The second-order valence-electron chi connectivity index (χ2n) is 8.07. The molecule has 0 bridgehead atoms. The number of thiophene rings is 1. The number of carbonyl (C=O) groups is 1. The van der Waals surface area contributed by atoms with Gasteiger partial charge in [0.1, 0.15) is 5.69 Å². The third-order valence-electron chi connectivity index (χ3n) is 5.07. The highest BCUT2D eigenvalue weighted by atomic mass is 32.1. The third-order valence-corrected chi connectivity index (χ3v) is 6.17. The van der Waals surface area contributed by atoms with Crippen molar-refractivity contribution in [3.8, 4) is 10.6 Å². The van der Waals surface area contributed by atoms with Crippen molar-refractivity contribution in [1.82, 2.24) is 15.3 Å². The molecule has 1 unspecified atom stereocenters. The lowest BCUT2D eigenvalue weighted by atomic mass is 10.1. The van der Waals surface area contributed by atoms with Crippen LogP contribution in [0.15, 0.2) is 48.2 Å². The molecule has 1 aliphatic carbocycles. The number of nitrogens with one attached hydrogen (secondary N) is 1. The van der Waals surface area contributed by atoms with Gasteiger partial charge in [0.15, 0.2) is 6.29 Å². The molecule has 2 heterocycles. The number of aromatic nitrogens is 2. The van der Waals surface area contributed by atoms with Crippen molar-refractivity contribution in [1.29, 1.82) is 0 Å². The monoisotopic (exact) mass is 473 g/mol. The van der Waals surface area contributed by atoms with E-state index in [1.165, 1.54) is 29.8 Å². The fourth-order valence-electron chi connectivity index (χ4n) is 3.14. The summed E-state index contributed by atoms with van der Waals surface area (Å²) >= 11 is 1.40. The Labute approximate surface area is 202 Å². The Morgan fingerprint density at radius 3 is 2.70 bits per heavy atom. The van der Waals surface area contributed by atoms with E-state index in [0.717, 1.165) is 42.8 Å². The molecule has 33 heavy (non-hydrogen) atoms. The molecule has 0 radical (unpaired) electrons. The van der Waals surface area contributed by atoms with E-state index in [1.54, 1.807) is 6.07 Å². The van der Waals surface area contributed by atoms with Crippen LogP contribution in [0.4, 0.5) is 0 Å². The molecule has 0 aromatic carbocycles. The molecule has 0 aliphatic heterocycles. The van der Waals surface area contributed by atoms with Crippen LogP contribution in [-0.2, 0) is 16.1 Å². The van der Waals surface area contributed by atoms with Crippen LogP contribution in [0.1, 0.15) is 82.3 Å². The number of amides is 1. The molecule has 2 aromatic heterocycles. The molecule has 1 amide bonds. The summed E-state index contributed by atoms with van der Waals surface area (Å²) in [6, 6.07) is 5.67. The van der Waals surface area contributed by atoms with E-state index >= 15 is 0 Å². The van der Waals surface area contributed by atoms with Gasteiger partial charge < -0.3 is 4.74 Å². The lowest BCUT2D eigenvalue weighted by molar-refractivity contribution is -0.170. The summed E-state index contributed by atoms with van der Waals surface area (Å²) in [7, 11) is 0. The van der Waals surface area contributed by atoms with Gasteiger partial charge in [-0.2, -0.15) is 5.10 Å². The molecule has 2 aromatic rings. The van der Waals surface area contributed by atoms with Gasteiger partial charge in [-0.3, -0.25) is 9.48 Å². The molecule has 0 saturated carbocycles. The van der Waals surface area contributed by atoms with Crippen molar-refractivity contribution < 1.29 is 14.4 Å². The van der Waals surface area contributed by atoms with Gasteiger partial charge in [-0.05, 0) is 57.2 Å². The summed E-state index contributed by atoms with van der Waals surface area (Å²) in [5.41, 5.74) is 4.89. The van der Waals surface area contributed by atoms with Crippen molar-refractivity contribution in [3.63, 3.8) is 0 Å². The van der Waals surface area contributed by atoms with Gasteiger partial charge >= 0.3 is 0 Å². The van der Waals surface area contributed by atoms with Crippen LogP contribution in [0.2, 0.25) is 0 Å². The topological polar surface area (TPSA) is 65.4 Å². The van der Waals surface area contributed by atoms with Crippen molar-refractivity contribution in [2.24, 2.45) is 0 Å². The normalized spacial score (nSPS) is 13.8. The second kappa shape index (κ2) is 15.6. The fraction of sp³-hybridized carbons (Fsp3) is 0.538. The second-order valence-corrected chi connectivity index (χ2v) is 9.16. The zero-order valence-electron chi connectivity index (χ0n) is 20.5.